The predicted molar refractivity (Wildman–Crippen MR) is 80.7 cm³/mol. The zero-order valence-electron chi connectivity index (χ0n) is 10.6. The number of hydrogen-bond donors (Lipinski definition) is 1. The van der Waals surface area contributed by atoms with Gasteiger partial charge in [-0.05, 0) is 24.1 Å². The average Bonchev–Trinajstić information content (AvgIpc) is 2.64. The van der Waals surface area contributed by atoms with Crippen LogP contribution < -0.4 is 5.73 Å². The maximum atomic E-state index is 6.03. The molecule has 100 valence electrons. The van der Waals surface area contributed by atoms with Crippen molar-refractivity contribution in [1.82, 2.24) is 9.88 Å². The Hall–Kier alpha value is -1.10. The molecule has 0 saturated carbocycles. The average molecular weight is 294 g/mol. The molecule has 1 aliphatic rings. The molecule has 0 fully saturated rings. The Bertz CT molecular complexity index is 556. The number of nitrogens with two attached hydrogens (primary N) is 1. The van der Waals surface area contributed by atoms with Crippen LogP contribution in [0.1, 0.15) is 16.1 Å². The van der Waals surface area contributed by atoms with Crippen molar-refractivity contribution in [2.45, 2.75) is 19.4 Å². The van der Waals surface area contributed by atoms with Crippen LogP contribution in [0.15, 0.2) is 24.3 Å². The summed E-state index contributed by atoms with van der Waals surface area (Å²) in [7, 11) is 0. The summed E-state index contributed by atoms with van der Waals surface area (Å²) in [6.07, 6.45) is 2.04. The van der Waals surface area contributed by atoms with Gasteiger partial charge in [0, 0.05) is 36.0 Å². The van der Waals surface area contributed by atoms with E-state index in [1.807, 2.05) is 18.2 Å². The minimum atomic E-state index is 0.702. The van der Waals surface area contributed by atoms with Crippen LogP contribution in [0.25, 0.3) is 0 Å². The summed E-state index contributed by atoms with van der Waals surface area (Å²) in [4.78, 5) is 8.22. The molecule has 0 aliphatic carbocycles. The molecule has 0 unspecified atom stereocenters. The minimum Gasteiger partial charge on any atom is -0.375 e. The van der Waals surface area contributed by atoms with Crippen molar-refractivity contribution in [2.24, 2.45) is 0 Å². The van der Waals surface area contributed by atoms with E-state index in [1.165, 1.54) is 16.1 Å². The third-order valence-electron chi connectivity index (χ3n) is 3.41. The fourth-order valence-corrected chi connectivity index (χ4v) is 3.56. The quantitative estimate of drug-likeness (QED) is 0.925. The van der Waals surface area contributed by atoms with Gasteiger partial charge in [-0.1, -0.05) is 23.7 Å². The maximum absolute atomic E-state index is 6.03. The van der Waals surface area contributed by atoms with E-state index < -0.39 is 0 Å². The van der Waals surface area contributed by atoms with Gasteiger partial charge in [-0.15, -0.1) is 11.3 Å². The number of halogens is 1. The fraction of sp³-hybridized carbons (Fsp3) is 0.357. The number of hydrogen-bond acceptors (Lipinski definition) is 4. The Balaban J connectivity index is 1.67. The Kier molecular flexibility index (Phi) is 3.73. The Morgan fingerprint density at radius 2 is 2.16 bits per heavy atom. The molecule has 19 heavy (non-hydrogen) atoms. The Labute approximate surface area is 122 Å². The third-order valence-corrected chi connectivity index (χ3v) is 4.63. The second-order valence-corrected chi connectivity index (χ2v) is 6.38. The van der Waals surface area contributed by atoms with Crippen LogP contribution in [0.2, 0.25) is 5.02 Å². The predicted octanol–water partition coefficient (Wildman–Crippen LogP) is 2.98. The van der Waals surface area contributed by atoms with Gasteiger partial charge in [0.15, 0.2) is 5.13 Å². The van der Waals surface area contributed by atoms with Crippen LogP contribution in [-0.2, 0) is 19.4 Å². The van der Waals surface area contributed by atoms with Crippen molar-refractivity contribution in [2.75, 3.05) is 18.8 Å². The number of aromatic nitrogens is 1. The van der Waals surface area contributed by atoms with Crippen molar-refractivity contribution in [3.63, 3.8) is 0 Å². The molecular formula is C14H16ClN3S. The first kappa shape index (κ1) is 12.9. The molecule has 1 aliphatic heterocycles. The van der Waals surface area contributed by atoms with E-state index >= 15 is 0 Å². The first-order valence-electron chi connectivity index (χ1n) is 6.41. The lowest BCUT2D eigenvalue weighted by molar-refractivity contribution is 0.279. The second-order valence-electron chi connectivity index (χ2n) is 4.83. The Morgan fingerprint density at radius 3 is 3.00 bits per heavy atom. The van der Waals surface area contributed by atoms with Crippen molar-refractivity contribution >= 4 is 28.1 Å². The first-order valence-corrected chi connectivity index (χ1v) is 7.61. The monoisotopic (exact) mass is 293 g/mol. The first-order chi connectivity index (χ1) is 9.20. The van der Waals surface area contributed by atoms with E-state index in [2.05, 4.69) is 16.0 Å². The van der Waals surface area contributed by atoms with Gasteiger partial charge in [-0.3, -0.25) is 4.90 Å². The van der Waals surface area contributed by atoms with E-state index in [4.69, 9.17) is 17.3 Å². The van der Waals surface area contributed by atoms with Gasteiger partial charge in [0.2, 0.25) is 0 Å². The van der Waals surface area contributed by atoms with E-state index in [0.717, 1.165) is 37.5 Å². The fourth-order valence-electron chi connectivity index (χ4n) is 2.48. The molecule has 5 heteroatoms. The number of nitrogens with zero attached hydrogens (tertiary/aromatic N) is 2. The largest absolute Gasteiger partial charge is 0.375 e. The van der Waals surface area contributed by atoms with Crippen LogP contribution in [0.5, 0.6) is 0 Å². The topological polar surface area (TPSA) is 42.1 Å². The summed E-state index contributed by atoms with van der Waals surface area (Å²) in [5.41, 5.74) is 8.22. The van der Waals surface area contributed by atoms with Crippen LogP contribution in [0.3, 0.4) is 0 Å². The highest BCUT2D eigenvalue weighted by molar-refractivity contribution is 7.15. The SMILES string of the molecule is Nc1nc2c(s1)CCN(Cc1cccc(Cl)c1)CC2. The number of benzene rings is 1. The lowest BCUT2D eigenvalue weighted by Gasteiger charge is -2.19. The van der Waals surface area contributed by atoms with Gasteiger partial charge in [-0.25, -0.2) is 4.98 Å². The molecule has 2 aromatic rings. The highest BCUT2D eigenvalue weighted by atomic mass is 35.5. The lowest BCUT2D eigenvalue weighted by atomic mass is 10.2. The molecule has 0 amide bonds. The van der Waals surface area contributed by atoms with Crippen LogP contribution in [-0.4, -0.2) is 23.0 Å². The van der Waals surface area contributed by atoms with Gasteiger partial charge in [0.25, 0.3) is 0 Å². The van der Waals surface area contributed by atoms with Crippen LogP contribution >= 0.6 is 22.9 Å². The van der Waals surface area contributed by atoms with Gasteiger partial charge < -0.3 is 5.73 Å². The lowest BCUT2D eigenvalue weighted by Crippen LogP contribution is -2.26. The number of fused-ring (bicyclic) bond motifs is 1. The smallest absolute Gasteiger partial charge is 0.180 e. The van der Waals surface area contributed by atoms with Crippen molar-refractivity contribution in [3.05, 3.63) is 45.4 Å². The molecule has 1 aromatic carbocycles. The summed E-state index contributed by atoms with van der Waals surface area (Å²) in [5, 5.41) is 1.51. The van der Waals surface area contributed by atoms with Crippen molar-refractivity contribution in [3.8, 4) is 0 Å². The molecule has 1 aromatic heterocycles. The number of anilines is 1. The number of rotatable bonds is 2. The summed E-state index contributed by atoms with van der Waals surface area (Å²) in [6.45, 7) is 3.04. The van der Waals surface area contributed by atoms with Gasteiger partial charge in [0.05, 0.1) is 5.69 Å². The molecule has 3 nitrogen and oxygen atoms in total. The second kappa shape index (κ2) is 5.49. The van der Waals surface area contributed by atoms with Crippen molar-refractivity contribution < 1.29 is 0 Å². The summed E-state index contributed by atoms with van der Waals surface area (Å²) >= 11 is 7.66. The van der Waals surface area contributed by atoms with Gasteiger partial charge in [0.1, 0.15) is 0 Å². The molecular weight excluding hydrogens is 278 g/mol. The zero-order chi connectivity index (χ0) is 13.2. The third kappa shape index (κ3) is 3.08. The summed E-state index contributed by atoms with van der Waals surface area (Å²) in [6, 6.07) is 8.09. The van der Waals surface area contributed by atoms with Crippen LogP contribution in [0, 0.1) is 0 Å². The van der Waals surface area contributed by atoms with Crippen LogP contribution in [0.4, 0.5) is 5.13 Å². The zero-order valence-corrected chi connectivity index (χ0v) is 12.2. The molecule has 0 spiro atoms. The van der Waals surface area contributed by atoms with E-state index in [1.54, 1.807) is 11.3 Å². The summed E-state index contributed by atoms with van der Waals surface area (Å²) < 4.78 is 0. The molecule has 2 heterocycles. The van der Waals surface area contributed by atoms with Crippen molar-refractivity contribution in [1.29, 1.82) is 0 Å². The van der Waals surface area contributed by atoms with Gasteiger partial charge in [-0.2, -0.15) is 0 Å². The Morgan fingerprint density at radius 1 is 1.32 bits per heavy atom. The highest BCUT2D eigenvalue weighted by Crippen LogP contribution is 2.24. The molecule has 0 saturated heterocycles. The highest BCUT2D eigenvalue weighted by Gasteiger charge is 2.17. The molecule has 0 radical (unpaired) electrons. The summed E-state index contributed by atoms with van der Waals surface area (Å²) in [5.74, 6) is 0. The molecule has 2 N–H and O–H groups in total. The maximum Gasteiger partial charge on any atom is 0.180 e. The van der Waals surface area contributed by atoms with E-state index in [0.29, 0.717) is 5.13 Å². The molecule has 0 atom stereocenters. The number of nitrogen functional groups attached to an aromatic ring is 1. The minimum absolute atomic E-state index is 0.702. The molecule has 0 bridgehead atoms. The van der Waals surface area contributed by atoms with E-state index in [9.17, 15) is 0 Å². The van der Waals surface area contributed by atoms with E-state index in [-0.39, 0.29) is 0 Å². The number of thiazole rings is 1. The standard InChI is InChI=1S/C14H16ClN3S/c15-11-3-1-2-10(8-11)9-18-6-4-12-13(5-7-18)19-14(16)17-12/h1-3,8H,4-7,9H2,(H2,16,17). The normalized spacial score (nSPS) is 16.1. The molecule has 3 rings (SSSR count). The van der Waals surface area contributed by atoms with Gasteiger partial charge >= 0.3 is 0 Å².